The van der Waals surface area contributed by atoms with Crippen LogP contribution in [0.2, 0.25) is 0 Å². The van der Waals surface area contributed by atoms with Crippen molar-refractivity contribution in [1.29, 1.82) is 5.26 Å². The number of nitrogens with one attached hydrogen (secondary N) is 1. The number of rotatable bonds is 4. The molecule has 0 amide bonds. The molecule has 22 heavy (non-hydrogen) atoms. The molecule has 1 heterocycles. The Morgan fingerprint density at radius 1 is 1.36 bits per heavy atom. The molecule has 0 fully saturated rings. The number of nitriles is 1. The second kappa shape index (κ2) is 6.72. The van der Waals surface area contributed by atoms with Crippen molar-refractivity contribution in [3.63, 3.8) is 0 Å². The van der Waals surface area contributed by atoms with E-state index in [2.05, 4.69) is 4.98 Å². The number of H-pyrrole nitrogens is 1. The molecule has 5 heteroatoms. The van der Waals surface area contributed by atoms with E-state index in [0.717, 1.165) is 17.4 Å². The first-order chi connectivity index (χ1) is 10.6. The van der Waals surface area contributed by atoms with Gasteiger partial charge in [0.05, 0.1) is 6.61 Å². The zero-order valence-electron chi connectivity index (χ0n) is 12.5. The van der Waals surface area contributed by atoms with Gasteiger partial charge in [0.15, 0.2) is 0 Å². The smallest absolute Gasteiger partial charge is 0.348 e. The number of nitrogens with zero attached hydrogens (tertiary/aromatic N) is 1. The normalized spacial score (nSPS) is 11.2. The Morgan fingerprint density at radius 2 is 2.14 bits per heavy atom. The summed E-state index contributed by atoms with van der Waals surface area (Å²) in [4.78, 5) is 26.4. The third kappa shape index (κ3) is 3.23. The molecule has 0 atom stereocenters. The van der Waals surface area contributed by atoms with Gasteiger partial charge in [-0.05, 0) is 48.6 Å². The van der Waals surface area contributed by atoms with E-state index in [4.69, 9.17) is 10.00 Å². The number of pyridine rings is 1. The quantitative estimate of drug-likeness (QED) is 0.534. The highest BCUT2D eigenvalue weighted by atomic mass is 16.5. The molecule has 0 aliphatic heterocycles. The third-order valence-corrected chi connectivity index (χ3v) is 3.26. The van der Waals surface area contributed by atoms with E-state index in [-0.39, 0.29) is 23.3 Å². The molecular weight excluding hydrogens is 280 g/mol. The van der Waals surface area contributed by atoms with E-state index in [1.54, 1.807) is 19.1 Å². The number of esters is 1. The Labute approximate surface area is 127 Å². The maximum atomic E-state index is 12.1. The van der Waals surface area contributed by atoms with Crippen molar-refractivity contribution in [2.75, 3.05) is 6.61 Å². The van der Waals surface area contributed by atoms with Gasteiger partial charge < -0.3 is 9.72 Å². The number of hydrogen-bond donors (Lipinski definition) is 1. The van der Waals surface area contributed by atoms with E-state index >= 15 is 0 Å². The van der Waals surface area contributed by atoms with Crippen LogP contribution in [0.4, 0.5) is 0 Å². The highest BCUT2D eigenvalue weighted by Crippen LogP contribution is 2.15. The highest BCUT2D eigenvalue weighted by Gasteiger charge is 2.11. The molecule has 0 aliphatic carbocycles. The predicted molar refractivity (Wildman–Crippen MR) is 84.2 cm³/mol. The van der Waals surface area contributed by atoms with Crippen LogP contribution in [-0.2, 0) is 16.0 Å². The number of fused-ring (bicyclic) bond motifs is 1. The summed E-state index contributed by atoms with van der Waals surface area (Å²) >= 11 is 0. The molecule has 1 aromatic carbocycles. The van der Waals surface area contributed by atoms with Gasteiger partial charge in [0.2, 0.25) is 0 Å². The summed E-state index contributed by atoms with van der Waals surface area (Å²) in [6.07, 6.45) is 2.14. The monoisotopic (exact) mass is 296 g/mol. The van der Waals surface area contributed by atoms with Gasteiger partial charge in [0.25, 0.3) is 5.56 Å². The Bertz CT molecular complexity index is 841. The molecule has 2 rings (SSSR count). The largest absolute Gasteiger partial charge is 0.462 e. The first-order valence-corrected chi connectivity index (χ1v) is 7.04. The summed E-state index contributed by atoms with van der Waals surface area (Å²) in [6, 6.07) is 9.21. The van der Waals surface area contributed by atoms with Crippen molar-refractivity contribution in [2.24, 2.45) is 0 Å². The number of aryl methyl sites for hydroxylation is 1. The fourth-order valence-electron chi connectivity index (χ4n) is 2.10. The summed E-state index contributed by atoms with van der Waals surface area (Å²) < 4.78 is 4.79. The topological polar surface area (TPSA) is 82.9 Å². The Kier molecular flexibility index (Phi) is 4.74. The molecule has 0 saturated carbocycles. The van der Waals surface area contributed by atoms with Gasteiger partial charge in [-0.15, -0.1) is 0 Å². The first-order valence-electron chi connectivity index (χ1n) is 7.04. The summed E-state index contributed by atoms with van der Waals surface area (Å²) in [5.41, 5.74) is 1.56. The van der Waals surface area contributed by atoms with Crippen LogP contribution in [0.15, 0.2) is 34.6 Å². The van der Waals surface area contributed by atoms with Crippen LogP contribution in [0.25, 0.3) is 17.0 Å². The van der Waals surface area contributed by atoms with Crippen molar-refractivity contribution in [2.45, 2.75) is 20.3 Å². The van der Waals surface area contributed by atoms with Gasteiger partial charge in [0, 0.05) is 11.1 Å². The van der Waals surface area contributed by atoms with Gasteiger partial charge in [-0.2, -0.15) is 5.26 Å². The lowest BCUT2D eigenvalue weighted by Gasteiger charge is -2.03. The lowest BCUT2D eigenvalue weighted by molar-refractivity contribution is -0.137. The van der Waals surface area contributed by atoms with Crippen molar-refractivity contribution < 1.29 is 9.53 Å². The van der Waals surface area contributed by atoms with Gasteiger partial charge in [-0.25, -0.2) is 4.79 Å². The summed E-state index contributed by atoms with van der Waals surface area (Å²) in [5.74, 6) is -0.730. The Morgan fingerprint density at radius 3 is 2.77 bits per heavy atom. The maximum Gasteiger partial charge on any atom is 0.348 e. The molecule has 2 aromatic rings. The number of carbonyl (C=O) groups excluding carboxylic acids is 1. The lowest BCUT2D eigenvalue weighted by atomic mass is 10.1. The van der Waals surface area contributed by atoms with Gasteiger partial charge in [-0.1, -0.05) is 13.0 Å². The molecule has 0 unspecified atom stereocenters. The molecule has 0 saturated heterocycles. The van der Waals surface area contributed by atoms with Crippen LogP contribution in [0.5, 0.6) is 0 Å². The third-order valence-electron chi connectivity index (χ3n) is 3.26. The summed E-state index contributed by atoms with van der Waals surface area (Å²) in [7, 11) is 0. The molecule has 5 nitrogen and oxygen atoms in total. The van der Waals surface area contributed by atoms with Crippen LogP contribution in [0, 0.1) is 11.3 Å². The van der Waals surface area contributed by atoms with Crippen LogP contribution in [0.1, 0.15) is 25.0 Å². The lowest BCUT2D eigenvalue weighted by Crippen LogP contribution is -2.11. The average Bonchev–Trinajstić information content (AvgIpc) is 2.52. The average molecular weight is 296 g/mol. The van der Waals surface area contributed by atoms with Gasteiger partial charge in [-0.3, -0.25) is 4.79 Å². The maximum absolute atomic E-state index is 12.1. The van der Waals surface area contributed by atoms with Crippen molar-refractivity contribution in [3.8, 4) is 6.07 Å². The second-order valence-electron chi connectivity index (χ2n) is 4.72. The van der Waals surface area contributed by atoms with Crippen molar-refractivity contribution in [1.82, 2.24) is 4.98 Å². The zero-order chi connectivity index (χ0) is 16.1. The number of aromatic nitrogens is 1. The van der Waals surface area contributed by atoms with Crippen LogP contribution in [0.3, 0.4) is 0 Å². The zero-order valence-corrected chi connectivity index (χ0v) is 12.5. The van der Waals surface area contributed by atoms with E-state index in [9.17, 15) is 9.59 Å². The molecule has 0 bridgehead atoms. The molecule has 1 aromatic heterocycles. The van der Waals surface area contributed by atoms with E-state index in [1.165, 1.54) is 6.08 Å². The van der Waals surface area contributed by atoms with Gasteiger partial charge >= 0.3 is 5.97 Å². The number of benzene rings is 1. The fourth-order valence-corrected chi connectivity index (χ4v) is 2.10. The number of ether oxygens (including phenoxy) is 1. The predicted octanol–water partition coefficient (Wildman–Crippen LogP) is 2.56. The molecular formula is C17H16N2O3. The minimum atomic E-state index is -0.730. The second-order valence-corrected chi connectivity index (χ2v) is 4.72. The summed E-state index contributed by atoms with van der Waals surface area (Å²) in [6.45, 7) is 3.87. The first kappa shape index (κ1) is 15.5. The minimum absolute atomic E-state index is 0.172. The standard InChI is InChI=1S/C17H16N2O3/c1-3-11-5-6-15-12(7-11)8-13(16(20)19-15)9-14(10-18)17(21)22-4-2/h5-9H,3-4H2,1-2H3,(H,19,20)/b14-9-. The Balaban J connectivity index is 2.55. The molecule has 112 valence electrons. The van der Waals surface area contributed by atoms with E-state index in [0.29, 0.717) is 5.52 Å². The van der Waals surface area contributed by atoms with E-state index in [1.807, 2.05) is 25.1 Å². The molecule has 1 N–H and O–H groups in total. The highest BCUT2D eigenvalue weighted by molar-refractivity contribution is 5.98. The number of carbonyl (C=O) groups is 1. The molecule has 0 spiro atoms. The van der Waals surface area contributed by atoms with Crippen LogP contribution < -0.4 is 5.56 Å². The Hall–Kier alpha value is -2.87. The minimum Gasteiger partial charge on any atom is -0.462 e. The van der Waals surface area contributed by atoms with Gasteiger partial charge in [0.1, 0.15) is 11.6 Å². The number of aromatic amines is 1. The van der Waals surface area contributed by atoms with Crippen LogP contribution in [-0.4, -0.2) is 17.6 Å². The number of hydrogen-bond acceptors (Lipinski definition) is 4. The molecule has 0 aliphatic rings. The van der Waals surface area contributed by atoms with Crippen molar-refractivity contribution >= 4 is 22.9 Å². The van der Waals surface area contributed by atoms with E-state index < -0.39 is 5.97 Å². The molecule has 0 radical (unpaired) electrons. The summed E-state index contributed by atoms with van der Waals surface area (Å²) in [5, 5.41) is 9.89. The van der Waals surface area contributed by atoms with Crippen molar-refractivity contribution in [3.05, 3.63) is 51.3 Å². The fraction of sp³-hybridized carbons (Fsp3) is 0.235. The van der Waals surface area contributed by atoms with Crippen LogP contribution >= 0.6 is 0 Å². The SMILES string of the molecule is CCOC(=O)/C(C#N)=C\c1cc2cc(CC)ccc2[nH]c1=O.